The first-order valence-electron chi connectivity index (χ1n) is 10.2. The fraction of sp³-hybridized carbons (Fsp3) is 0.348. The second kappa shape index (κ2) is 10.1. The number of hydrogen-bond acceptors (Lipinski definition) is 8. The van der Waals surface area contributed by atoms with E-state index in [9.17, 15) is 24.5 Å². The highest BCUT2D eigenvalue weighted by Crippen LogP contribution is 2.36. The number of non-ortho nitro benzene ring substituents is 1. The molecule has 10 nitrogen and oxygen atoms in total. The quantitative estimate of drug-likeness (QED) is 0.244. The molecule has 10 heteroatoms. The van der Waals surface area contributed by atoms with Crippen molar-refractivity contribution < 1.29 is 33.5 Å². The summed E-state index contributed by atoms with van der Waals surface area (Å²) in [4.78, 5) is 48.7. The van der Waals surface area contributed by atoms with Crippen LogP contribution >= 0.6 is 0 Å². The highest BCUT2D eigenvalue weighted by Gasteiger charge is 2.54. The van der Waals surface area contributed by atoms with Crippen LogP contribution in [0.4, 0.5) is 5.69 Å². The number of nitro benzene ring substituents is 1. The standard InChI is InChI=1S/C23H24N2O8/c1-14(23(28)32-13-17-4-8-18(9-5-17)25(29)30)20-21(27)24(22(20)33-15(2)26)12-16-6-10-19(31-3)11-7-16/h4-11,14,20,22H,12-13H2,1-3H3/t14?,20-,22+/m0/s1. The third kappa shape index (κ3) is 5.46. The molecule has 0 aliphatic carbocycles. The molecule has 1 saturated heterocycles. The topological polar surface area (TPSA) is 125 Å². The SMILES string of the molecule is COc1ccc(CN2C(=O)[C@H](C(C)C(=O)OCc3ccc([N+](=O)[O-])cc3)[C@H]2OC(C)=O)cc1. The molecule has 3 atom stereocenters. The molecule has 1 aliphatic rings. The molecular formula is C23H24N2O8. The minimum atomic E-state index is -0.890. The van der Waals surface area contributed by atoms with Gasteiger partial charge in [-0.3, -0.25) is 24.5 Å². The maximum atomic E-state index is 12.8. The number of nitro groups is 1. The first-order chi connectivity index (χ1) is 15.7. The zero-order chi connectivity index (χ0) is 24.1. The average molecular weight is 456 g/mol. The molecule has 0 radical (unpaired) electrons. The lowest BCUT2D eigenvalue weighted by molar-refractivity contribution is -0.384. The Labute approximate surface area is 190 Å². The number of β-lactam (4-membered cyclic amide) rings is 1. The summed E-state index contributed by atoms with van der Waals surface area (Å²) in [5.74, 6) is -2.57. The van der Waals surface area contributed by atoms with Gasteiger partial charge in [-0.2, -0.15) is 0 Å². The van der Waals surface area contributed by atoms with E-state index in [1.165, 1.54) is 36.1 Å². The van der Waals surface area contributed by atoms with Gasteiger partial charge in [0.25, 0.3) is 5.69 Å². The van der Waals surface area contributed by atoms with Gasteiger partial charge in [-0.1, -0.05) is 19.1 Å². The molecule has 0 bridgehead atoms. The molecule has 0 aromatic heterocycles. The molecule has 1 aliphatic heterocycles. The van der Waals surface area contributed by atoms with Crippen LogP contribution in [0.15, 0.2) is 48.5 Å². The summed E-state index contributed by atoms with van der Waals surface area (Å²) >= 11 is 0. The molecule has 33 heavy (non-hydrogen) atoms. The van der Waals surface area contributed by atoms with Gasteiger partial charge in [0.2, 0.25) is 5.91 Å². The van der Waals surface area contributed by atoms with Crippen LogP contribution in [0.2, 0.25) is 0 Å². The number of rotatable bonds is 9. The van der Waals surface area contributed by atoms with Gasteiger partial charge in [-0.15, -0.1) is 0 Å². The van der Waals surface area contributed by atoms with Crippen molar-refractivity contribution in [2.24, 2.45) is 11.8 Å². The van der Waals surface area contributed by atoms with Crippen LogP contribution in [0.1, 0.15) is 25.0 Å². The maximum Gasteiger partial charge on any atom is 0.310 e. The third-order valence-corrected chi connectivity index (χ3v) is 5.42. The molecule has 1 amide bonds. The highest BCUT2D eigenvalue weighted by molar-refractivity contribution is 5.91. The van der Waals surface area contributed by atoms with Crippen molar-refractivity contribution in [3.05, 3.63) is 69.8 Å². The Bertz CT molecular complexity index is 1040. The van der Waals surface area contributed by atoms with Crippen molar-refractivity contribution in [3.8, 4) is 5.75 Å². The predicted molar refractivity (Wildman–Crippen MR) is 115 cm³/mol. The Hall–Kier alpha value is -3.95. The van der Waals surface area contributed by atoms with E-state index in [1.807, 2.05) is 0 Å². The Morgan fingerprint density at radius 1 is 1.09 bits per heavy atom. The number of nitrogens with zero attached hydrogens (tertiary/aromatic N) is 2. The Balaban J connectivity index is 1.64. The fourth-order valence-electron chi connectivity index (χ4n) is 3.56. The van der Waals surface area contributed by atoms with Gasteiger partial charge in [0.05, 0.1) is 18.0 Å². The molecule has 174 valence electrons. The molecular weight excluding hydrogens is 432 g/mol. The number of benzene rings is 2. The van der Waals surface area contributed by atoms with E-state index in [-0.39, 0.29) is 24.7 Å². The second-order valence-electron chi connectivity index (χ2n) is 7.66. The number of likely N-dealkylation sites (tertiary alicyclic amines) is 1. The van der Waals surface area contributed by atoms with Crippen molar-refractivity contribution in [1.29, 1.82) is 0 Å². The minimum absolute atomic E-state index is 0.0697. The van der Waals surface area contributed by atoms with Crippen LogP contribution in [-0.2, 0) is 37.0 Å². The first kappa shape index (κ1) is 23.7. The number of carbonyl (C=O) groups excluding carboxylic acids is 3. The van der Waals surface area contributed by atoms with Crippen molar-refractivity contribution >= 4 is 23.5 Å². The monoisotopic (exact) mass is 456 g/mol. The fourth-order valence-corrected chi connectivity index (χ4v) is 3.56. The summed E-state index contributed by atoms with van der Waals surface area (Å²) in [6.07, 6.45) is -0.890. The molecule has 0 saturated carbocycles. The average Bonchev–Trinajstić information content (AvgIpc) is 2.81. The Kier molecular flexibility index (Phi) is 7.27. The normalized spacial score (nSPS) is 18.2. The molecule has 1 fully saturated rings. The Morgan fingerprint density at radius 2 is 1.70 bits per heavy atom. The van der Waals surface area contributed by atoms with E-state index in [0.29, 0.717) is 11.3 Å². The number of esters is 2. The summed E-state index contributed by atoms with van der Waals surface area (Å²) in [7, 11) is 1.55. The van der Waals surface area contributed by atoms with Crippen molar-refractivity contribution in [2.75, 3.05) is 7.11 Å². The van der Waals surface area contributed by atoms with Crippen LogP contribution in [-0.4, -0.2) is 41.0 Å². The van der Waals surface area contributed by atoms with Gasteiger partial charge in [-0.25, -0.2) is 0 Å². The van der Waals surface area contributed by atoms with E-state index in [1.54, 1.807) is 38.3 Å². The predicted octanol–water partition coefficient (Wildman–Crippen LogP) is 2.83. The minimum Gasteiger partial charge on any atom is -0.497 e. The molecule has 2 aromatic carbocycles. The zero-order valence-corrected chi connectivity index (χ0v) is 18.4. The van der Waals surface area contributed by atoms with Crippen LogP contribution in [0, 0.1) is 22.0 Å². The number of hydrogen-bond donors (Lipinski definition) is 0. The molecule has 1 unspecified atom stereocenters. The van der Waals surface area contributed by atoms with Crippen molar-refractivity contribution in [2.45, 2.75) is 33.2 Å². The number of methoxy groups -OCH3 is 1. The lowest BCUT2D eigenvalue weighted by Crippen LogP contribution is -2.64. The first-order valence-corrected chi connectivity index (χ1v) is 10.2. The third-order valence-electron chi connectivity index (χ3n) is 5.42. The summed E-state index contributed by atoms with van der Waals surface area (Å²) in [6, 6.07) is 12.7. The molecule has 3 rings (SSSR count). The van der Waals surface area contributed by atoms with E-state index >= 15 is 0 Å². The van der Waals surface area contributed by atoms with Gasteiger partial charge < -0.3 is 19.1 Å². The summed E-state index contributed by atoms with van der Waals surface area (Å²) < 4.78 is 15.8. The number of amides is 1. The molecule has 0 spiro atoms. The van der Waals surface area contributed by atoms with Crippen LogP contribution in [0.25, 0.3) is 0 Å². The van der Waals surface area contributed by atoms with Gasteiger partial charge >= 0.3 is 11.9 Å². The van der Waals surface area contributed by atoms with Crippen molar-refractivity contribution in [3.63, 3.8) is 0 Å². The van der Waals surface area contributed by atoms with Crippen LogP contribution in [0.5, 0.6) is 5.75 Å². The molecule has 1 heterocycles. The summed E-state index contributed by atoms with van der Waals surface area (Å²) in [5.41, 5.74) is 1.31. The van der Waals surface area contributed by atoms with E-state index in [0.717, 1.165) is 5.56 Å². The number of ether oxygens (including phenoxy) is 3. The van der Waals surface area contributed by atoms with Gasteiger partial charge in [-0.05, 0) is 35.4 Å². The molecule has 2 aromatic rings. The van der Waals surface area contributed by atoms with Gasteiger partial charge in [0.15, 0.2) is 6.23 Å². The maximum absolute atomic E-state index is 12.8. The largest absolute Gasteiger partial charge is 0.497 e. The Morgan fingerprint density at radius 3 is 2.24 bits per heavy atom. The highest BCUT2D eigenvalue weighted by atomic mass is 16.6. The lowest BCUT2D eigenvalue weighted by Gasteiger charge is -2.47. The van der Waals surface area contributed by atoms with Crippen LogP contribution < -0.4 is 4.74 Å². The zero-order valence-electron chi connectivity index (χ0n) is 18.4. The summed E-state index contributed by atoms with van der Waals surface area (Å²) in [6.45, 7) is 2.89. The van der Waals surface area contributed by atoms with E-state index in [4.69, 9.17) is 14.2 Å². The van der Waals surface area contributed by atoms with Crippen molar-refractivity contribution in [1.82, 2.24) is 4.90 Å². The van der Waals surface area contributed by atoms with E-state index < -0.39 is 34.9 Å². The number of carbonyl (C=O) groups is 3. The summed E-state index contributed by atoms with van der Waals surface area (Å²) in [5, 5.41) is 10.7. The smallest absolute Gasteiger partial charge is 0.310 e. The second-order valence-corrected chi connectivity index (χ2v) is 7.66. The van der Waals surface area contributed by atoms with Gasteiger partial charge in [0.1, 0.15) is 18.3 Å². The lowest BCUT2D eigenvalue weighted by atomic mass is 9.83. The molecule has 0 N–H and O–H groups in total. The van der Waals surface area contributed by atoms with E-state index in [2.05, 4.69) is 0 Å². The van der Waals surface area contributed by atoms with Crippen LogP contribution in [0.3, 0.4) is 0 Å². The van der Waals surface area contributed by atoms with Gasteiger partial charge in [0, 0.05) is 25.6 Å².